The van der Waals surface area contributed by atoms with Crippen LogP contribution < -0.4 is 14.2 Å². The Morgan fingerprint density at radius 1 is 1.18 bits per heavy atom. The summed E-state index contributed by atoms with van der Waals surface area (Å²) in [6.45, 7) is 2.15. The molecule has 8 heteroatoms. The smallest absolute Gasteiger partial charge is 0.240 e. The van der Waals surface area contributed by atoms with E-state index in [1.807, 2.05) is 0 Å². The van der Waals surface area contributed by atoms with E-state index in [1.165, 1.54) is 12.1 Å². The van der Waals surface area contributed by atoms with Crippen LogP contribution in [0.3, 0.4) is 0 Å². The molecule has 0 radical (unpaired) electrons. The monoisotopic (exact) mass is 326 g/mol. The van der Waals surface area contributed by atoms with Crippen LogP contribution in [0.15, 0.2) is 23.1 Å². The van der Waals surface area contributed by atoms with Crippen molar-refractivity contribution in [3.05, 3.63) is 18.2 Å². The zero-order valence-electron chi connectivity index (χ0n) is 12.1. The van der Waals surface area contributed by atoms with E-state index in [4.69, 9.17) is 9.47 Å². The molecule has 0 saturated carbocycles. The van der Waals surface area contributed by atoms with Gasteiger partial charge in [0.05, 0.1) is 4.90 Å². The third-order valence-corrected chi connectivity index (χ3v) is 5.13. The number of hydrogen-bond acceptors (Lipinski definition) is 5. The average Bonchev–Trinajstić information content (AvgIpc) is 2.92. The topological polar surface area (TPSA) is 84.9 Å². The van der Waals surface area contributed by atoms with Gasteiger partial charge in [0.1, 0.15) is 13.2 Å². The molecule has 0 bridgehead atoms. The van der Waals surface area contributed by atoms with Crippen LogP contribution in [0.5, 0.6) is 11.5 Å². The maximum absolute atomic E-state index is 12.3. The molecule has 1 saturated heterocycles. The molecular formula is C14H18N2O5S. The molecule has 0 aromatic heterocycles. The van der Waals surface area contributed by atoms with Gasteiger partial charge < -0.3 is 14.4 Å². The predicted molar refractivity (Wildman–Crippen MR) is 78.4 cm³/mol. The second-order valence-corrected chi connectivity index (χ2v) is 6.95. The molecule has 1 amide bonds. The Morgan fingerprint density at radius 3 is 2.68 bits per heavy atom. The lowest BCUT2D eigenvalue weighted by atomic mass is 10.3. The minimum absolute atomic E-state index is 0.0820. The van der Waals surface area contributed by atoms with Crippen LogP contribution in [-0.4, -0.2) is 52.1 Å². The number of carbonyl (C=O) groups excluding carboxylic acids is 1. The predicted octanol–water partition coefficient (Wildman–Crippen LogP) is 0.359. The summed E-state index contributed by atoms with van der Waals surface area (Å²) in [5.74, 6) is 1.07. The van der Waals surface area contributed by atoms with Gasteiger partial charge in [-0.25, -0.2) is 13.1 Å². The van der Waals surface area contributed by atoms with Crippen molar-refractivity contribution in [2.75, 3.05) is 32.8 Å². The Bertz CT molecular complexity index is 674. The Labute approximate surface area is 129 Å². The molecular weight excluding hydrogens is 308 g/mol. The first kappa shape index (κ1) is 15.1. The quantitative estimate of drug-likeness (QED) is 0.844. The highest BCUT2D eigenvalue weighted by atomic mass is 32.2. The number of likely N-dealkylation sites (tertiary alicyclic amines) is 1. The Balaban J connectivity index is 1.63. The molecule has 0 unspecified atom stereocenters. The molecule has 2 aliphatic rings. The number of fused-ring (bicyclic) bond motifs is 1. The first-order valence-electron chi connectivity index (χ1n) is 7.23. The van der Waals surface area contributed by atoms with E-state index in [1.54, 1.807) is 11.0 Å². The lowest BCUT2D eigenvalue weighted by molar-refractivity contribution is -0.127. The second-order valence-electron chi connectivity index (χ2n) is 5.19. The van der Waals surface area contributed by atoms with Crippen LogP contribution in [0.2, 0.25) is 0 Å². The molecule has 2 aliphatic heterocycles. The highest BCUT2D eigenvalue weighted by molar-refractivity contribution is 7.89. The molecule has 2 heterocycles. The largest absolute Gasteiger partial charge is 0.486 e. The van der Waals surface area contributed by atoms with Crippen LogP contribution in [0.4, 0.5) is 0 Å². The normalized spacial score (nSPS) is 17.8. The standard InChI is InChI=1S/C14H18N2O5S/c17-14-2-1-6-16(14)7-5-15-22(18,19)11-3-4-12-13(10-11)21-9-8-20-12/h3-4,10,15H,1-2,5-9H2. The summed E-state index contributed by atoms with van der Waals surface area (Å²) < 4.78 is 37.8. The highest BCUT2D eigenvalue weighted by Crippen LogP contribution is 2.32. The minimum atomic E-state index is -3.63. The van der Waals surface area contributed by atoms with Gasteiger partial charge in [-0.1, -0.05) is 0 Å². The number of rotatable bonds is 5. The number of ether oxygens (including phenoxy) is 2. The van der Waals surface area contributed by atoms with Gasteiger partial charge >= 0.3 is 0 Å². The minimum Gasteiger partial charge on any atom is -0.486 e. The summed E-state index contributed by atoms with van der Waals surface area (Å²) in [6.07, 6.45) is 1.39. The van der Waals surface area contributed by atoms with Crippen LogP contribution in [0.25, 0.3) is 0 Å². The van der Waals surface area contributed by atoms with Gasteiger partial charge in [-0.2, -0.15) is 0 Å². The van der Waals surface area contributed by atoms with Crippen molar-refractivity contribution < 1.29 is 22.7 Å². The average molecular weight is 326 g/mol. The van der Waals surface area contributed by atoms with Gasteiger partial charge in [0.25, 0.3) is 0 Å². The number of benzene rings is 1. The fourth-order valence-corrected chi connectivity index (χ4v) is 3.57. The lowest BCUT2D eigenvalue weighted by Crippen LogP contribution is -2.35. The van der Waals surface area contributed by atoms with Crippen molar-refractivity contribution in [3.8, 4) is 11.5 Å². The second kappa shape index (κ2) is 6.13. The molecule has 7 nitrogen and oxygen atoms in total. The SMILES string of the molecule is O=C1CCCN1CCNS(=O)(=O)c1ccc2c(c1)OCCO2. The van der Waals surface area contributed by atoms with E-state index in [2.05, 4.69) is 4.72 Å². The Hall–Kier alpha value is -1.80. The Kier molecular flexibility index (Phi) is 4.21. The molecule has 0 spiro atoms. The fourth-order valence-electron chi connectivity index (χ4n) is 2.53. The molecule has 0 aliphatic carbocycles. The Morgan fingerprint density at radius 2 is 1.95 bits per heavy atom. The summed E-state index contributed by atoms with van der Waals surface area (Å²) in [5.41, 5.74) is 0. The number of nitrogens with zero attached hydrogens (tertiary/aromatic N) is 1. The zero-order valence-corrected chi connectivity index (χ0v) is 12.9. The molecule has 1 aromatic carbocycles. The molecule has 1 aromatic rings. The summed E-state index contributed by atoms with van der Waals surface area (Å²) in [5, 5.41) is 0. The van der Waals surface area contributed by atoms with Crippen molar-refractivity contribution >= 4 is 15.9 Å². The molecule has 1 fully saturated rings. The van der Waals surface area contributed by atoms with Crippen LogP contribution in [-0.2, 0) is 14.8 Å². The number of hydrogen-bond donors (Lipinski definition) is 1. The molecule has 1 N–H and O–H groups in total. The van der Waals surface area contributed by atoms with Crippen molar-refractivity contribution in [2.45, 2.75) is 17.7 Å². The lowest BCUT2D eigenvalue weighted by Gasteiger charge is -2.19. The van der Waals surface area contributed by atoms with Crippen molar-refractivity contribution in [1.29, 1.82) is 0 Å². The van der Waals surface area contributed by atoms with Crippen LogP contribution >= 0.6 is 0 Å². The molecule has 3 rings (SSSR count). The maximum Gasteiger partial charge on any atom is 0.240 e. The van der Waals surface area contributed by atoms with E-state index < -0.39 is 10.0 Å². The van der Waals surface area contributed by atoms with Gasteiger partial charge in [0.2, 0.25) is 15.9 Å². The highest BCUT2D eigenvalue weighted by Gasteiger charge is 2.22. The molecule has 0 atom stereocenters. The van der Waals surface area contributed by atoms with E-state index in [0.29, 0.717) is 44.2 Å². The summed E-state index contributed by atoms with van der Waals surface area (Å²) in [7, 11) is -3.63. The summed E-state index contributed by atoms with van der Waals surface area (Å²) in [6, 6.07) is 4.53. The van der Waals surface area contributed by atoms with Gasteiger partial charge in [0.15, 0.2) is 11.5 Å². The number of nitrogens with one attached hydrogen (secondary N) is 1. The summed E-state index contributed by atoms with van der Waals surface area (Å²) >= 11 is 0. The van der Waals surface area contributed by atoms with Gasteiger partial charge in [-0.3, -0.25) is 4.79 Å². The third kappa shape index (κ3) is 3.17. The van der Waals surface area contributed by atoms with E-state index in [9.17, 15) is 13.2 Å². The zero-order chi connectivity index (χ0) is 15.6. The first-order chi connectivity index (χ1) is 10.6. The molecule has 120 valence electrons. The van der Waals surface area contributed by atoms with Crippen LogP contribution in [0, 0.1) is 0 Å². The van der Waals surface area contributed by atoms with Crippen molar-refractivity contribution in [3.63, 3.8) is 0 Å². The van der Waals surface area contributed by atoms with E-state index in [-0.39, 0.29) is 17.3 Å². The van der Waals surface area contributed by atoms with Crippen molar-refractivity contribution in [1.82, 2.24) is 9.62 Å². The van der Waals surface area contributed by atoms with Crippen molar-refractivity contribution in [2.24, 2.45) is 0 Å². The first-order valence-corrected chi connectivity index (χ1v) is 8.72. The van der Waals surface area contributed by atoms with E-state index in [0.717, 1.165) is 6.42 Å². The van der Waals surface area contributed by atoms with Gasteiger partial charge in [-0.05, 0) is 18.6 Å². The summed E-state index contributed by atoms with van der Waals surface area (Å²) in [4.78, 5) is 13.3. The maximum atomic E-state index is 12.3. The van der Waals surface area contributed by atoms with E-state index >= 15 is 0 Å². The molecule has 22 heavy (non-hydrogen) atoms. The number of carbonyl (C=O) groups is 1. The third-order valence-electron chi connectivity index (χ3n) is 3.67. The number of sulfonamides is 1. The van der Waals surface area contributed by atoms with Gasteiger partial charge in [-0.15, -0.1) is 0 Å². The fraction of sp³-hybridized carbons (Fsp3) is 0.500. The number of amides is 1. The van der Waals surface area contributed by atoms with Gasteiger partial charge in [0, 0.05) is 32.1 Å². The van der Waals surface area contributed by atoms with Crippen LogP contribution in [0.1, 0.15) is 12.8 Å².